The molecular weight excluding hydrogens is 308 g/mol. The number of carbonyl (C=O) groups is 1. The van der Waals surface area contributed by atoms with Crippen molar-refractivity contribution in [2.24, 2.45) is 0 Å². The van der Waals surface area contributed by atoms with Crippen molar-refractivity contribution in [3.63, 3.8) is 0 Å². The molecule has 0 fully saturated rings. The van der Waals surface area contributed by atoms with Crippen LogP contribution in [0.5, 0.6) is 5.75 Å². The second-order valence-electron chi connectivity index (χ2n) is 4.96. The Balaban J connectivity index is 1.95. The topological polar surface area (TPSA) is 35.5 Å². The Morgan fingerprint density at radius 1 is 1.17 bits per heavy atom. The molecule has 0 spiro atoms. The quantitative estimate of drug-likeness (QED) is 0.412. The Labute approximate surface area is 141 Å². The Bertz CT molecular complexity index is 640. The van der Waals surface area contributed by atoms with Gasteiger partial charge in [0, 0.05) is 16.7 Å². The smallest absolute Gasteiger partial charge is 0.330 e. The van der Waals surface area contributed by atoms with E-state index >= 15 is 0 Å². The van der Waals surface area contributed by atoms with Crippen LogP contribution in [0.3, 0.4) is 0 Å². The summed E-state index contributed by atoms with van der Waals surface area (Å²) in [6, 6.07) is 17.8. The third-order valence-corrected chi connectivity index (χ3v) is 4.29. The van der Waals surface area contributed by atoms with Crippen LogP contribution < -0.4 is 4.74 Å². The molecule has 2 aromatic carbocycles. The van der Waals surface area contributed by atoms with E-state index in [-0.39, 0.29) is 6.10 Å². The maximum absolute atomic E-state index is 11.5. The Morgan fingerprint density at radius 3 is 2.57 bits per heavy atom. The number of esters is 1. The molecule has 0 saturated heterocycles. The van der Waals surface area contributed by atoms with Gasteiger partial charge >= 0.3 is 5.97 Å². The monoisotopic (exact) mass is 328 g/mol. The molecule has 2 rings (SSSR count). The van der Waals surface area contributed by atoms with Crippen LogP contribution in [0.25, 0.3) is 0 Å². The molecule has 23 heavy (non-hydrogen) atoms. The Hall–Kier alpha value is -2.20. The highest BCUT2D eigenvalue weighted by Crippen LogP contribution is 2.21. The summed E-state index contributed by atoms with van der Waals surface area (Å²) < 4.78 is 11.2. The summed E-state index contributed by atoms with van der Waals surface area (Å²) >= 11 is 1.63. The largest absolute Gasteiger partial charge is 0.489 e. The molecule has 0 saturated carbocycles. The average molecular weight is 328 g/mol. The van der Waals surface area contributed by atoms with Gasteiger partial charge in [0.15, 0.2) is 0 Å². The molecule has 0 bridgehead atoms. The van der Waals surface area contributed by atoms with E-state index in [1.54, 1.807) is 11.8 Å². The summed E-state index contributed by atoms with van der Waals surface area (Å²) in [5, 5.41) is 0. The van der Waals surface area contributed by atoms with Gasteiger partial charge in [-0.05, 0) is 30.7 Å². The van der Waals surface area contributed by atoms with E-state index < -0.39 is 5.97 Å². The number of para-hydroxylation sites is 1. The fraction of sp³-hybridized carbons (Fsp3) is 0.211. The van der Waals surface area contributed by atoms with Gasteiger partial charge in [-0.1, -0.05) is 43.0 Å². The SMILES string of the molecule is C=CC(=O)OC(COc1ccccc1C)CSc1ccccc1. The lowest BCUT2D eigenvalue weighted by molar-refractivity contribution is -0.143. The number of hydrogen-bond donors (Lipinski definition) is 0. The van der Waals surface area contributed by atoms with Crippen molar-refractivity contribution in [1.29, 1.82) is 0 Å². The Kier molecular flexibility index (Phi) is 6.76. The van der Waals surface area contributed by atoms with Crippen LogP contribution in [0.1, 0.15) is 5.56 Å². The molecule has 0 aliphatic carbocycles. The number of benzene rings is 2. The lowest BCUT2D eigenvalue weighted by atomic mass is 10.2. The summed E-state index contributed by atoms with van der Waals surface area (Å²) in [5.41, 5.74) is 1.05. The molecular formula is C19H20O3S. The van der Waals surface area contributed by atoms with Gasteiger partial charge in [-0.25, -0.2) is 4.79 Å². The molecule has 0 N–H and O–H groups in total. The predicted molar refractivity (Wildman–Crippen MR) is 93.9 cm³/mol. The fourth-order valence-electron chi connectivity index (χ4n) is 1.94. The van der Waals surface area contributed by atoms with Gasteiger partial charge < -0.3 is 9.47 Å². The van der Waals surface area contributed by atoms with Crippen LogP contribution in [-0.2, 0) is 9.53 Å². The van der Waals surface area contributed by atoms with E-state index in [9.17, 15) is 4.79 Å². The molecule has 0 aromatic heterocycles. The summed E-state index contributed by atoms with van der Waals surface area (Å²) in [5.74, 6) is 0.990. The van der Waals surface area contributed by atoms with Gasteiger partial charge in [0.2, 0.25) is 0 Å². The van der Waals surface area contributed by atoms with Gasteiger partial charge in [0.05, 0.1) is 0 Å². The van der Waals surface area contributed by atoms with Crippen molar-refractivity contribution in [3.05, 3.63) is 72.8 Å². The number of thioether (sulfide) groups is 1. The van der Waals surface area contributed by atoms with Gasteiger partial charge in [-0.2, -0.15) is 0 Å². The molecule has 0 aliphatic heterocycles. The number of carbonyl (C=O) groups excluding carboxylic acids is 1. The highest BCUT2D eigenvalue weighted by molar-refractivity contribution is 7.99. The number of rotatable bonds is 8. The zero-order valence-electron chi connectivity index (χ0n) is 13.1. The summed E-state index contributed by atoms with van der Waals surface area (Å²) in [6.45, 7) is 5.74. The van der Waals surface area contributed by atoms with E-state index in [4.69, 9.17) is 9.47 Å². The second-order valence-corrected chi connectivity index (χ2v) is 6.06. The van der Waals surface area contributed by atoms with Gasteiger partial charge in [-0.3, -0.25) is 0 Å². The molecule has 4 heteroatoms. The van der Waals surface area contributed by atoms with Crippen LogP contribution in [-0.4, -0.2) is 24.4 Å². The average Bonchev–Trinajstić information content (AvgIpc) is 2.59. The van der Waals surface area contributed by atoms with Crippen molar-refractivity contribution >= 4 is 17.7 Å². The van der Waals surface area contributed by atoms with Crippen LogP contribution in [0.15, 0.2) is 72.1 Å². The first-order valence-electron chi connectivity index (χ1n) is 7.38. The molecule has 0 aliphatic rings. The molecule has 0 heterocycles. The first kappa shape index (κ1) is 17.2. The highest BCUT2D eigenvalue weighted by Gasteiger charge is 2.15. The van der Waals surface area contributed by atoms with Crippen molar-refractivity contribution in [3.8, 4) is 5.75 Å². The summed E-state index contributed by atoms with van der Waals surface area (Å²) in [6.07, 6.45) is 0.832. The normalized spacial score (nSPS) is 11.5. The van der Waals surface area contributed by atoms with Crippen molar-refractivity contribution in [2.45, 2.75) is 17.9 Å². The van der Waals surface area contributed by atoms with E-state index in [0.717, 1.165) is 16.2 Å². The zero-order chi connectivity index (χ0) is 16.5. The van der Waals surface area contributed by atoms with Crippen molar-refractivity contribution < 1.29 is 14.3 Å². The molecule has 0 radical (unpaired) electrons. The molecule has 120 valence electrons. The van der Waals surface area contributed by atoms with Gasteiger partial charge in [0.25, 0.3) is 0 Å². The zero-order valence-corrected chi connectivity index (χ0v) is 13.9. The standard InChI is InChI=1S/C19H20O3S/c1-3-19(20)22-16(14-23-17-10-5-4-6-11-17)13-21-18-12-8-7-9-15(18)2/h3-12,16H,1,13-14H2,2H3. The van der Waals surface area contributed by atoms with Crippen LogP contribution in [0.4, 0.5) is 0 Å². The summed E-state index contributed by atoms with van der Waals surface area (Å²) in [7, 11) is 0. The second kappa shape index (κ2) is 9.06. The van der Waals surface area contributed by atoms with Gasteiger partial charge in [-0.15, -0.1) is 11.8 Å². The number of aryl methyl sites for hydroxylation is 1. The minimum Gasteiger partial charge on any atom is -0.489 e. The van der Waals surface area contributed by atoms with Crippen molar-refractivity contribution in [1.82, 2.24) is 0 Å². The van der Waals surface area contributed by atoms with E-state index in [0.29, 0.717) is 12.4 Å². The molecule has 1 unspecified atom stereocenters. The molecule has 2 aromatic rings. The molecule has 0 amide bonds. The van der Waals surface area contributed by atoms with Crippen molar-refractivity contribution in [2.75, 3.05) is 12.4 Å². The van der Waals surface area contributed by atoms with Crippen LogP contribution in [0.2, 0.25) is 0 Å². The fourth-order valence-corrected chi connectivity index (χ4v) is 2.83. The maximum atomic E-state index is 11.5. The molecule has 1 atom stereocenters. The lowest BCUT2D eigenvalue weighted by Crippen LogP contribution is -2.27. The summed E-state index contributed by atoms with van der Waals surface area (Å²) in [4.78, 5) is 12.6. The number of ether oxygens (including phenoxy) is 2. The third-order valence-electron chi connectivity index (χ3n) is 3.15. The lowest BCUT2D eigenvalue weighted by Gasteiger charge is -2.18. The Morgan fingerprint density at radius 2 is 1.87 bits per heavy atom. The highest BCUT2D eigenvalue weighted by atomic mass is 32.2. The molecule has 3 nitrogen and oxygen atoms in total. The van der Waals surface area contributed by atoms with Gasteiger partial charge in [0.1, 0.15) is 18.5 Å². The minimum absolute atomic E-state index is 0.310. The number of hydrogen-bond acceptors (Lipinski definition) is 4. The van der Waals surface area contributed by atoms with Crippen LogP contribution >= 0.6 is 11.8 Å². The first-order valence-corrected chi connectivity index (χ1v) is 8.37. The van der Waals surface area contributed by atoms with E-state index in [1.807, 2.05) is 61.5 Å². The van der Waals surface area contributed by atoms with E-state index in [2.05, 4.69) is 6.58 Å². The predicted octanol–water partition coefficient (Wildman–Crippen LogP) is 4.26. The minimum atomic E-state index is -0.433. The van der Waals surface area contributed by atoms with E-state index in [1.165, 1.54) is 6.08 Å². The van der Waals surface area contributed by atoms with Crippen LogP contribution in [0, 0.1) is 6.92 Å². The third kappa shape index (κ3) is 5.83. The maximum Gasteiger partial charge on any atom is 0.330 e. The first-order chi connectivity index (χ1) is 11.2.